The first kappa shape index (κ1) is 16.0. The molecular weight excluding hydrogens is 234 g/mol. The lowest BCUT2D eigenvalue weighted by Crippen LogP contribution is -2.35. The number of rotatable bonds is 8. The van der Waals surface area contributed by atoms with E-state index in [1.54, 1.807) is 0 Å². The molecule has 2 heteroatoms. The third-order valence-corrected chi connectivity index (χ3v) is 3.35. The highest BCUT2D eigenvalue weighted by Gasteiger charge is 2.14. The SMILES string of the molecule is CCCNCC(Oc1ccc(C(C)C)cc1)C(C)C. The third-order valence-electron chi connectivity index (χ3n) is 3.35. The Balaban J connectivity index is 2.58. The van der Waals surface area contributed by atoms with Crippen LogP contribution in [0.15, 0.2) is 24.3 Å². The van der Waals surface area contributed by atoms with Crippen molar-refractivity contribution in [3.8, 4) is 5.75 Å². The first-order chi connectivity index (χ1) is 9.04. The van der Waals surface area contributed by atoms with Crippen molar-refractivity contribution in [3.05, 3.63) is 29.8 Å². The van der Waals surface area contributed by atoms with Crippen LogP contribution in [0.5, 0.6) is 5.75 Å². The topological polar surface area (TPSA) is 21.3 Å². The van der Waals surface area contributed by atoms with Gasteiger partial charge in [-0.3, -0.25) is 0 Å². The fraction of sp³-hybridized carbons (Fsp3) is 0.647. The van der Waals surface area contributed by atoms with Crippen molar-refractivity contribution >= 4 is 0 Å². The van der Waals surface area contributed by atoms with E-state index in [9.17, 15) is 0 Å². The van der Waals surface area contributed by atoms with Crippen LogP contribution in [-0.4, -0.2) is 19.2 Å². The summed E-state index contributed by atoms with van der Waals surface area (Å²) < 4.78 is 6.09. The van der Waals surface area contributed by atoms with E-state index >= 15 is 0 Å². The van der Waals surface area contributed by atoms with Gasteiger partial charge in [0.05, 0.1) is 0 Å². The number of ether oxygens (including phenoxy) is 1. The maximum Gasteiger partial charge on any atom is 0.119 e. The first-order valence-electron chi connectivity index (χ1n) is 7.52. The molecule has 0 bridgehead atoms. The summed E-state index contributed by atoms with van der Waals surface area (Å²) >= 11 is 0. The molecule has 1 atom stereocenters. The van der Waals surface area contributed by atoms with Gasteiger partial charge in [0.15, 0.2) is 0 Å². The van der Waals surface area contributed by atoms with Gasteiger partial charge in [0.2, 0.25) is 0 Å². The van der Waals surface area contributed by atoms with Crippen LogP contribution in [-0.2, 0) is 0 Å². The lowest BCUT2D eigenvalue weighted by Gasteiger charge is -2.23. The van der Waals surface area contributed by atoms with Gasteiger partial charge >= 0.3 is 0 Å². The molecule has 0 aromatic heterocycles. The Morgan fingerprint density at radius 1 is 1.05 bits per heavy atom. The van der Waals surface area contributed by atoms with Crippen molar-refractivity contribution in [3.63, 3.8) is 0 Å². The summed E-state index contributed by atoms with van der Waals surface area (Å²) in [6.45, 7) is 13.0. The standard InChI is InChI=1S/C17H29NO/c1-6-11-18-12-17(14(4)5)19-16-9-7-15(8-10-16)13(2)3/h7-10,13-14,17-18H,6,11-12H2,1-5H3. The molecule has 1 aromatic carbocycles. The summed E-state index contributed by atoms with van der Waals surface area (Å²) in [5, 5.41) is 3.44. The molecule has 1 rings (SSSR count). The van der Waals surface area contributed by atoms with Crippen LogP contribution in [0.25, 0.3) is 0 Å². The van der Waals surface area contributed by atoms with E-state index in [2.05, 4.69) is 64.2 Å². The second-order valence-corrected chi connectivity index (χ2v) is 5.83. The monoisotopic (exact) mass is 263 g/mol. The van der Waals surface area contributed by atoms with Gasteiger partial charge in [0.25, 0.3) is 0 Å². The Hall–Kier alpha value is -1.02. The molecule has 0 aliphatic heterocycles. The van der Waals surface area contributed by atoms with Crippen LogP contribution in [0.3, 0.4) is 0 Å². The molecule has 1 aromatic rings. The van der Waals surface area contributed by atoms with Crippen LogP contribution < -0.4 is 10.1 Å². The molecule has 0 spiro atoms. The highest BCUT2D eigenvalue weighted by molar-refractivity contribution is 5.29. The summed E-state index contributed by atoms with van der Waals surface area (Å²) in [6, 6.07) is 8.50. The molecule has 19 heavy (non-hydrogen) atoms. The number of benzene rings is 1. The van der Waals surface area contributed by atoms with Crippen molar-refractivity contribution in [1.82, 2.24) is 5.32 Å². The molecule has 108 valence electrons. The van der Waals surface area contributed by atoms with Crippen LogP contribution in [0, 0.1) is 5.92 Å². The van der Waals surface area contributed by atoms with Crippen LogP contribution in [0.2, 0.25) is 0 Å². The van der Waals surface area contributed by atoms with E-state index in [4.69, 9.17) is 4.74 Å². The predicted octanol–water partition coefficient (Wildman–Crippen LogP) is 4.21. The first-order valence-corrected chi connectivity index (χ1v) is 7.52. The van der Waals surface area contributed by atoms with E-state index in [-0.39, 0.29) is 6.10 Å². The Morgan fingerprint density at radius 3 is 2.16 bits per heavy atom. The zero-order chi connectivity index (χ0) is 14.3. The lowest BCUT2D eigenvalue weighted by atomic mass is 10.0. The number of nitrogens with one attached hydrogen (secondary N) is 1. The molecule has 0 amide bonds. The van der Waals surface area contributed by atoms with Crippen LogP contribution in [0.4, 0.5) is 0 Å². The van der Waals surface area contributed by atoms with E-state index in [0.29, 0.717) is 11.8 Å². The molecule has 0 radical (unpaired) electrons. The Bertz CT molecular complexity index is 343. The fourth-order valence-corrected chi connectivity index (χ4v) is 1.94. The van der Waals surface area contributed by atoms with E-state index in [1.807, 2.05) is 0 Å². The summed E-state index contributed by atoms with van der Waals surface area (Å²) in [4.78, 5) is 0. The van der Waals surface area contributed by atoms with Gasteiger partial charge in [-0.25, -0.2) is 0 Å². The van der Waals surface area contributed by atoms with Crippen LogP contribution >= 0.6 is 0 Å². The minimum Gasteiger partial charge on any atom is -0.489 e. The van der Waals surface area contributed by atoms with Crippen LogP contribution in [0.1, 0.15) is 52.5 Å². The zero-order valence-electron chi connectivity index (χ0n) is 13.1. The second kappa shape index (κ2) is 8.21. The van der Waals surface area contributed by atoms with Gasteiger partial charge in [0.1, 0.15) is 11.9 Å². The number of hydrogen-bond acceptors (Lipinski definition) is 2. The minimum absolute atomic E-state index is 0.233. The number of hydrogen-bond donors (Lipinski definition) is 1. The Morgan fingerprint density at radius 2 is 1.68 bits per heavy atom. The molecule has 0 saturated heterocycles. The average molecular weight is 263 g/mol. The van der Waals surface area contributed by atoms with Gasteiger partial charge in [-0.05, 0) is 42.5 Å². The third kappa shape index (κ3) is 5.65. The summed E-state index contributed by atoms with van der Waals surface area (Å²) in [7, 11) is 0. The molecule has 0 aliphatic rings. The van der Waals surface area contributed by atoms with Gasteiger partial charge in [-0.15, -0.1) is 0 Å². The lowest BCUT2D eigenvalue weighted by molar-refractivity contribution is 0.149. The maximum absolute atomic E-state index is 6.09. The predicted molar refractivity (Wildman–Crippen MR) is 82.9 cm³/mol. The Kier molecular flexibility index (Phi) is 6.93. The van der Waals surface area contributed by atoms with Crippen molar-refractivity contribution < 1.29 is 4.74 Å². The molecule has 0 saturated carbocycles. The van der Waals surface area contributed by atoms with E-state index in [0.717, 1.165) is 25.3 Å². The molecule has 0 fully saturated rings. The smallest absolute Gasteiger partial charge is 0.119 e. The van der Waals surface area contributed by atoms with E-state index in [1.165, 1.54) is 5.56 Å². The fourth-order valence-electron chi connectivity index (χ4n) is 1.94. The average Bonchev–Trinajstić information content (AvgIpc) is 2.38. The summed E-state index contributed by atoms with van der Waals surface area (Å²) in [6.07, 6.45) is 1.39. The van der Waals surface area contributed by atoms with Gasteiger partial charge < -0.3 is 10.1 Å². The largest absolute Gasteiger partial charge is 0.489 e. The maximum atomic E-state index is 6.09. The minimum atomic E-state index is 0.233. The molecule has 0 heterocycles. The van der Waals surface area contributed by atoms with Crippen molar-refractivity contribution in [2.75, 3.05) is 13.1 Å². The zero-order valence-corrected chi connectivity index (χ0v) is 13.1. The highest BCUT2D eigenvalue weighted by Crippen LogP contribution is 2.20. The van der Waals surface area contributed by atoms with Crippen molar-refractivity contribution in [2.24, 2.45) is 5.92 Å². The van der Waals surface area contributed by atoms with Gasteiger partial charge in [0, 0.05) is 6.54 Å². The van der Waals surface area contributed by atoms with Gasteiger partial charge in [-0.1, -0.05) is 46.8 Å². The summed E-state index contributed by atoms with van der Waals surface area (Å²) in [5.74, 6) is 2.05. The molecule has 1 unspecified atom stereocenters. The second-order valence-electron chi connectivity index (χ2n) is 5.83. The highest BCUT2D eigenvalue weighted by atomic mass is 16.5. The normalized spacial score (nSPS) is 13.0. The quantitative estimate of drug-likeness (QED) is 0.709. The Labute approximate surface area is 118 Å². The molecular formula is C17H29NO. The van der Waals surface area contributed by atoms with Gasteiger partial charge in [-0.2, -0.15) is 0 Å². The summed E-state index contributed by atoms with van der Waals surface area (Å²) in [5.41, 5.74) is 1.36. The van der Waals surface area contributed by atoms with Crippen molar-refractivity contribution in [1.29, 1.82) is 0 Å². The molecule has 0 aliphatic carbocycles. The molecule has 1 N–H and O–H groups in total. The van der Waals surface area contributed by atoms with E-state index < -0.39 is 0 Å². The molecule has 2 nitrogen and oxygen atoms in total. The van der Waals surface area contributed by atoms with Crippen molar-refractivity contribution in [2.45, 2.75) is 53.1 Å².